The summed E-state index contributed by atoms with van der Waals surface area (Å²) in [6, 6.07) is 7.33. The second-order valence-electron chi connectivity index (χ2n) is 14.3. The molecule has 4 amide bonds. The van der Waals surface area contributed by atoms with Crippen LogP contribution in [0.15, 0.2) is 103 Å². The average molecular weight is 746 g/mol. The van der Waals surface area contributed by atoms with Crippen LogP contribution in [0.2, 0.25) is 0 Å². The van der Waals surface area contributed by atoms with Crippen molar-refractivity contribution in [1.82, 2.24) is 40.2 Å². The summed E-state index contributed by atoms with van der Waals surface area (Å²) < 4.78 is 0. The number of piperidine rings is 1. The van der Waals surface area contributed by atoms with Crippen molar-refractivity contribution in [2.75, 3.05) is 64.7 Å². The molecule has 6 rings (SSSR count). The molecule has 4 aliphatic heterocycles. The van der Waals surface area contributed by atoms with Crippen molar-refractivity contribution in [1.29, 1.82) is 0 Å². The minimum atomic E-state index is -0.991. The summed E-state index contributed by atoms with van der Waals surface area (Å²) in [5.41, 5.74) is 6.08. The van der Waals surface area contributed by atoms with Crippen molar-refractivity contribution < 1.29 is 19.2 Å². The van der Waals surface area contributed by atoms with Crippen LogP contribution in [0.1, 0.15) is 30.9 Å². The highest BCUT2D eigenvalue weighted by Crippen LogP contribution is 2.30. The van der Waals surface area contributed by atoms with E-state index in [0.29, 0.717) is 18.4 Å². The fourth-order valence-corrected chi connectivity index (χ4v) is 7.52. The van der Waals surface area contributed by atoms with E-state index >= 15 is 0 Å². The third-order valence-electron chi connectivity index (χ3n) is 10.4. The minimum absolute atomic E-state index is 0.0841. The molecule has 288 valence electrons. The first kappa shape index (κ1) is 39.2. The van der Waals surface area contributed by atoms with E-state index in [1.54, 1.807) is 12.3 Å². The van der Waals surface area contributed by atoms with Gasteiger partial charge in [0.05, 0.1) is 16.8 Å². The van der Waals surface area contributed by atoms with Crippen LogP contribution in [0.4, 0.5) is 5.95 Å². The predicted molar refractivity (Wildman–Crippen MR) is 213 cm³/mol. The number of piperazine rings is 1. The molecular weight excluding hydrogens is 695 g/mol. The summed E-state index contributed by atoms with van der Waals surface area (Å²) in [5, 5.41) is 8.67. The molecule has 4 fully saturated rings. The van der Waals surface area contributed by atoms with Crippen molar-refractivity contribution in [3.63, 3.8) is 0 Å². The van der Waals surface area contributed by atoms with Crippen LogP contribution in [0.3, 0.4) is 0 Å². The van der Waals surface area contributed by atoms with Gasteiger partial charge in [0.2, 0.25) is 17.8 Å². The number of aryl methyl sites for hydroxylation is 1. The Morgan fingerprint density at radius 3 is 2.53 bits per heavy atom. The van der Waals surface area contributed by atoms with Gasteiger partial charge in [-0.15, -0.1) is 0 Å². The molecule has 0 spiro atoms. The lowest BCUT2D eigenvalue weighted by molar-refractivity contribution is -0.149. The van der Waals surface area contributed by atoms with E-state index in [-0.39, 0.29) is 24.0 Å². The number of aromatic nitrogens is 2. The minimum Gasteiger partial charge on any atom is -0.369 e. The molecule has 0 saturated carbocycles. The van der Waals surface area contributed by atoms with Gasteiger partial charge in [-0.25, -0.2) is 9.97 Å². The lowest BCUT2D eigenvalue weighted by atomic mass is 9.98. The molecule has 0 bridgehead atoms. The van der Waals surface area contributed by atoms with E-state index in [1.807, 2.05) is 32.3 Å². The highest BCUT2D eigenvalue weighted by molar-refractivity contribution is 6.26. The maximum atomic E-state index is 13.4. The third kappa shape index (κ3) is 9.42. The van der Waals surface area contributed by atoms with E-state index in [2.05, 4.69) is 85.6 Å². The number of anilines is 1. The molecule has 1 atom stereocenters. The van der Waals surface area contributed by atoms with Gasteiger partial charge in [-0.1, -0.05) is 36.9 Å². The van der Waals surface area contributed by atoms with Gasteiger partial charge in [-0.05, 0) is 80.8 Å². The van der Waals surface area contributed by atoms with Crippen molar-refractivity contribution in [2.45, 2.75) is 39.3 Å². The van der Waals surface area contributed by atoms with E-state index in [4.69, 9.17) is 4.98 Å². The zero-order valence-corrected chi connectivity index (χ0v) is 32.0. The average Bonchev–Trinajstić information content (AvgIpc) is 3.39. The molecule has 55 heavy (non-hydrogen) atoms. The molecule has 5 heterocycles. The molecule has 4 saturated heterocycles. The van der Waals surface area contributed by atoms with Crippen molar-refractivity contribution >= 4 is 29.6 Å². The summed E-state index contributed by atoms with van der Waals surface area (Å²) in [5.74, 6) is -0.979. The van der Waals surface area contributed by atoms with Gasteiger partial charge >= 0.3 is 0 Å². The van der Waals surface area contributed by atoms with Gasteiger partial charge in [0.1, 0.15) is 6.04 Å². The fourth-order valence-electron chi connectivity index (χ4n) is 7.52. The summed E-state index contributed by atoms with van der Waals surface area (Å²) in [7, 11) is 1.95. The number of likely N-dealkylation sites (tertiary alicyclic amines) is 2. The second-order valence-corrected chi connectivity index (χ2v) is 14.3. The Hall–Kier alpha value is -5.50. The monoisotopic (exact) mass is 745 g/mol. The second kappa shape index (κ2) is 18.2. The number of benzene rings is 1. The quantitative estimate of drug-likeness (QED) is 0.149. The number of amides is 4. The lowest BCUT2D eigenvalue weighted by Crippen LogP contribution is -2.54. The number of hydrogen-bond donors (Lipinski definition) is 3. The van der Waals surface area contributed by atoms with Gasteiger partial charge in [0.25, 0.3) is 11.8 Å². The summed E-state index contributed by atoms with van der Waals surface area (Å²) in [6.07, 6.45) is 16.9. The first-order valence-corrected chi connectivity index (χ1v) is 19.0. The van der Waals surface area contributed by atoms with Gasteiger partial charge in [0.15, 0.2) is 0 Å². The maximum absolute atomic E-state index is 13.4. The number of rotatable bonds is 14. The van der Waals surface area contributed by atoms with Crippen LogP contribution in [0.25, 0.3) is 11.3 Å². The molecule has 3 N–H and O–H groups in total. The Morgan fingerprint density at radius 2 is 1.82 bits per heavy atom. The Kier molecular flexibility index (Phi) is 13.0. The summed E-state index contributed by atoms with van der Waals surface area (Å²) >= 11 is 0. The van der Waals surface area contributed by atoms with E-state index in [1.165, 1.54) is 23.3 Å². The van der Waals surface area contributed by atoms with Crippen molar-refractivity contribution in [3.05, 3.63) is 114 Å². The van der Waals surface area contributed by atoms with Crippen molar-refractivity contribution in [3.8, 4) is 11.3 Å². The van der Waals surface area contributed by atoms with Crippen LogP contribution in [-0.4, -0.2) is 119 Å². The highest BCUT2D eigenvalue weighted by Gasteiger charge is 2.46. The van der Waals surface area contributed by atoms with Gasteiger partial charge < -0.3 is 15.5 Å². The Balaban J connectivity index is 0.960. The topological polar surface area (TPSA) is 143 Å². The molecule has 0 aliphatic carbocycles. The number of allylic oxidation sites excluding steroid dienone is 6. The number of nitrogens with zero attached hydrogens (tertiary/aromatic N) is 6. The number of hydrogen-bond acceptors (Lipinski definition) is 11. The Morgan fingerprint density at radius 1 is 1.04 bits per heavy atom. The summed E-state index contributed by atoms with van der Waals surface area (Å²) in [6.45, 7) is 15.8. The molecular formula is C42H51N9O4. The molecule has 13 nitrogen and oxygen atoms in total. The molecule has 0 radical (unpaired) electrons. The fraction of sp³-hybridized carbons (Fsp3) is 0.381. The van der Waals surface area contributed by atoms with Crippen LogP contribution in [0.5, 0.6) is 0 Å². The normalized spacial score (nSPS) is 22.1. The largest absolute Gasteiger partial charge is 0.369 e. The molecule has 1 unspecified atom stereocenters. The summed E-state index contributed by atoms with van der Waals surface area (Å²) in [4.78, 5) is 67.9. The van der Waals surface area contributed by atoms with Crippen LogP contribution >= 0.6 is 0 Å². The maximum Gasteiger partial charge on any atom is 0.262 e. The SMILES string of the molecule is C=C/C=C1/C(=O)N(C2CCC(=O)NC2=O)C(=O)/C1=C/CN1CC(CN2CCN(C(/C=C\C)=C/C=C/Nc3nccc(-c4ccc(CNC)c(C)c4)n3)CC2)C1. The van der Waals surface area contributed by atoms with Gasteiger partial charge in [-0.2, -0.15) is 0 Å². The molecule has 1 aromatic carbocycles. The number of imide groups is 2. The number of nitrogens with one attached hydrogen (secondary N) is 3. The number of carbonyl (C=O) groups is 4. The Bertz CT molecular complexity index is 1950. The zero-order chi connectivity index (χ0) is 38.9. The van der Waals surface area contributed by atoms with E-state index in [9.17, 15) is 19.2 Å². The predicted octanol–water partition coefficient (Wildman–Crippen LogP) is 3.32. The smallest absolute Gasteiger partial charge is 0.262 e. The third-order valence-corrected chi connectivity index (χ3v) is 10.4. The zero-order valence-electron chi connectivity index (χ0n) is 32.0. The lowest BCUT2D eigenvalue weighted by Gasteiger charge is -2.44. The molecule has 1 aromatic heterocycles. The van der Waals surface area contributed by atoms with Gasteiger partial charge in [0, 0.05) is 89.0 Å². The van der Waals surface area contributed by atoms with Gasteiger partial charge in [-0.3, -0.25) is 39.2 Å². The van der Waals surface area contributed by atoms with Crippen LogP contribution in [0, 0.1) is 12.8 Å². The van der Waals surface area contributed by atoms with Crippen LogP contribution in [-0.2, 0) is 25.7 Å². The highest BCUT2D eigenvalue weighted by atomic mass is 16.2. The first-order valence-electron chi connectivity index (χ1n) is 19.0. The molecule has 4 aliphatic rings. The first-order chi connectivity index (χ1) is 26.7. The molecule has 2 aromatic rings. The van der Waals surface area contributed by atoms with E-state index in [0.717, 1.165) is 74.2 Å². The Labute approximate surface area is 323 Å². The van der Waals surface area contributed by atoms with Crippen LogP contribution < -0.4 is 16.0 Å². The van der Waals surface area contributed by atoms with Crippen molar-refractivity contribution in [2.24, 2.45) is 5.92 Å². The molecule has 13 heteroatoms. The van der Waals surface area contributed by atoms with E-state index < -0.39 is 29.7 Å². The standard InChI is InChI=1S/C42H51N9O4/c1-5-8-33(10-7-17-44-42-45-18-15-36(46-42)31-11-12-32(25-43-4)29(3)24-31)50-22-20-48(21-23-50)26-30-27-49(28-30)19-16-35-34(9-6-2)40(54)51(41(35)55)37-13-14-38(52)47-39(37)53/h5-12,15-18,24,30,37,43H,2,13-14,19-23,25-28H2,1,3-4H3,(H,44,45,46)(H,47,52,53)/b8-5-,17-7+,33-10+,34-9+,35-16+. The number of carbonyl (C=O) groups excluding carboxylic acids is 4.